The SMILES string of the molecule is CNC(=O)c1c(-c2ccc[nH]c2=O)c2c3ccccc3ccc2n1Cc1ccc(F)cc1F. The smallest absolute Gasteiger partial charge is 0.268 e. The Kier molecular flexibility index (Phi) is 5.01. The van der Waals surface area contributed by atoms with Gasteiger partial charge in [-0.05, 0) is 35.0 Å². The normalized spacial score (nSPS) is 11.2. The van der Waals surface area contributed by atoms with Crippen LogP contribution in [0.4, 0.5) is 8.78 Å². The van der Waals surface area contributed by atoms with Gasteiger partial charge in [-0.2, -0.15) is 0 Å². The summed E-state index contributed by atoms with van der Waals surface area (Å²) in [5.41, 5.74) is 1.56. The largest absolute Gasteiger partial charge is 0.354 e. The Balaban J connectivity index is 1.94. The molecule has 5 nitrogen and oxygen atoms in total. The van der Waals surface area contributed by atoms with E-state index in [1.807, 2.05) is 36.4 Å². The van der Waals surface area contributed by atoms with E-state index in [1.165, 1.54) is 25.4 Å². The minimum Gasteiger partial charge on any atom is -0.354 e. The van der Waals surface area contributed by atoms with Gasteiger partial charge in [-0.25, -0.2) is 8.78 Å². The minimum atomic E-state index is -0.709. The van der Waals surface area contributed by atoms with Gasteiger partial charge in [0.1, 0.15) is 17.3 Å². The molecule has 0 aliphatic heterocycles. The number of aromatic nitrogens is 2. The number of rotatable bonds is 4. The number of pyridine rings is 1. The number of amides is 1. The maximum atomic E-state index is 14.6. The van der Waals surface area contributed by atoms with E-state index in [9.17, 15) is 18.4 Å². The van der Waals surface area contributed by atoms with Gasteiger partial charge < -0.3 is 14.9 Å². The first kappa shape index (κ1) is 20.6. The van der Waals surface area contributed by atoms with E-state index in [-0.39, 0.29) is 23.4 Å². The molecule has 2 aromatic heterocycles. The highest BCUT2D eigenvalue weighted by molar-refractivity contribution is 6.19. The van der Waals surface area contributed by atoms with Gasteiger partial charge in [0.05, 0.1) is 12.1 Å². The number of carbonyl (C=O) groups excluding carboxylic acids is 1. The number of H-pyrrole nitrogens is 1. The van der Waals surface area contributed by atoms with Crippen molar-refractivity contribution in [2.45, 2.75) is 6.54 Å². The topological polar surface area (TPSA) is 66.9 Å². The summed E-state index contributed by atoms with van der Waals surface area (Å²) in [6.45, 7) is -0.0194. The van der Waals surface area contributed by atoms with Crippen molar-refractivity contribution in [1.29, 1.82) is 0 Å². The molecule has 1 amide bonds. The number of aromatic amines is 1. The molecule has 33 heavy (non-hydrogen) atoms. The van der Waals surface area contributed by atoms with Gasteiger partial charge in [0.25, 0.3) is 11.5 Å². The number of hydrogen-bond donors (Lipinski definition) is 2. The maximum absolute atomic E-state index is 14.6. The molecule has 0 saturated carbocycles. The molecule has 5 rings (SSSR count). The van der Waals surface area contributed by atoms with E-state index in [1.54, 1.807) is 16.7 Å². The van der Waals surface area contributed by atoms with Gasteiger partial charge in [-0.1, -0.05) is 36.4 Å². The molecule has 164 valence electrons. The molecule has 0 spiro atoms. The van der Waals surface area contributed by atoms with Gasteiger partial charge >= 0.3 is 0 Å². The van der Waals surface area contributed by atoms with Crippen LogP contribution in [0.25, 0.3) is 32.8 Å². The lowest BCUT2D eigenvalue weighted by Crippen LogP contribution is -2.23. The van der Waals surface area contributed by atoms with Crippen molar-refractivity contribution in [3.05, 3.63) is 106 Å². The van der Waals surface area contributed by atoms with Crippen LogP contribution in [0.1, 0.15) is 16.1 Å². The second-order valence-electron chi connectivity index (χ2n) is 7.72. The Bertz CT molecular complexity index is 1600. The first-order valence-electron chi connectivity index (χ1n) is 10.4. The van der Waals surface area contributed by atoms with Gasteiger partial charge in [0.2, 0.25) is 0 Å². The Morgan fingerprint density at radius 2 is 1.85 bits per heavy atom. The molecule has 0 aliphatic carbocycles. The second-order valence-corrected chi connectivity index (χ2v) is 7.72. The number of benzene rings is 3. The van der Waals surface area contributed by atoms with E-state index in [0.717, 1.165) is 16.8 Å². The molecular formula is C26H19F2N3O2. The van der Waals surface area contributed by atoms with Crippen LogP contribution in [0.3, 0.4) is 0 Å². The van der Waals surface area contributed by atoms with E-state index in [0.29, 0.717) is 22.0 Å². The predicted molar refractivity (Wildman–Crippen MR) is 124 cm³/mol. The zero-order valence-corrected chi connectivity index (χ0v) is 17.7. The fourth-order valence-corrected chi connectivity index (χ4v) is 4.34. The fourth-order valence-electron chi connectivity index (χ4n) is 4.34. The molecule has 0 fully saturated rings. The van der Waals surface area contributed by atoms with Gasteiger partial charge in [-0.15, -0.1) is 0 Å². The number of fused-ring (bicyclic) bond motifs is 3. The second kappa shape index (κ2) is 8.02. The quantitative estimate of drug-likeness (QED) is 0.418. The van der Waals surface area contributed by atoms with Crippen LogP contribution in [0.5, 0.6) is 0 Å². The van der Waals surface area contributed by atoms with Crippen LogP contribution in [-0.2, 0) is 6.54 Å². The van der Waals surface area contributed by atoms with Crippen LogP contribution in [-0.4, -0.2) is 22.5 Å². The Labute approximate surface area is 187 Å². The van der Waals surface area contributed by atoms with Gasteiger partial charge in [-0.3, -0.25) is 9.59 Å². The van der Waals surface area contributed by atoms with Crippen LogP contribution in [0.15, 0.2) is 77.7 Å². The summed E-state index contributed by atoms with van der Waals surface area (Å²) < 4.78 is 29.8. The Hall–Kier alpha value is -4.26. The summed E-state index contributed by atoms with van der Waals surface area (Å²) >= 11 is 0. The summed E-state index contributed by atoms with van der Waals surface area (Å²) in [5, 5.41) is 5.15. The standard InChI is InChI=1S/C26H19F2N3O2/c1-29-26(33)24-23(19-7-4-12-30-25(19)32)22-18-6-3-2-5-15(18)9-11-21(22)31(24)14-16-8-10-17(27)13-20(16)28/h2-13H,14H2,1H3,(H,29,33)(H,30,32). The molecule has 0 unspecified atom stereocenters. The molecule has 5 aromatic rings. The Morgan fingerprint density at radius 3 is 2.61 bits per heavy atom. The average molecular weight is 443 g/mol. The first-order valence-corrected chi connectivity index (χ1v) is 10.4. The number of carbonyl (C=O) groups is 1. The third kappa shape index (κ3) is 3.38. The molecule has 7 heteroatoms. The van der Waals surface area contributed by atoms with E-state index >= 15 is 0 Å². The number of nitrogens with one attached hydrogen (secondary N) is 2. The molecule has 0 aliphatic rings. The molecule has 0 radical (unpaired) electrons. The van der Waals surface area contributed by atoms with Crippen LogP contribution in [0.2, 0.25) is 0 Å². The Morgan fingerprint density at radius 1 is 1.03 bits per heavy atom. The predicted octanol–water partition coefficient (Wildman–Crippen LogP) is 4.84. The molecule has 3 aromatic carbocycles. The molecule has 2 N–H and O–H groups in total. The lowest BCUT2D eigenvalue weighted by atomic mass is 9.98. The van der Waals surface area contributed by atoms with Crippen molar-refractivity contribution in [2.24, 2.45) is 0 Å². The lowest BCUT2D eigenvalue weighted by molar-refractivity contribution is 0.0955. The monoisotopic (exact) mass is 443 g/mol. The first-order chi connectivity index (χ1) is 16.0. The third-order valence-corrected chi connectivity index (χ3v) is 5.83. The summed E-state index contributed by atoms with van der Waals surface area (Å²) in [7, 11) is 1.50. The van der Waals surface area contributed by atoms with Crippen LogP contribution >= 0.6 is 0 Å². The zero-order chi connectivity index (χ0) is 23.1. The van der Waals surface area contributed by atoms with Crippen molar-refractivity contribution < 1.29 is 13.6 Å². The summed E-state index contributed by atoms with van der Waals surface area (Å²) in [6.07, 6.45) is 1.52. The maximum Gasteiger partial charge on any atom is 0.268 e. The third-order valence-electron chi connectivity index (χ3n) is 5.83. The number of halogens is 2. The highest BCUT2D eigenvalue weighted by Gasteiger charge is 2.26. The summed E-state index contributed by atoms with van der Waals surface area (Å²) in [6, 6.07) is 18.2. The molecular weight excluding hydrogens is 424 g/mol. The fraction of sp³-hybridized carbons (Fsp3) is 0.0769. The van der Waals surface area contributed by atoms with E-state index < -0.39 is 17.5 Å². The van der Waals surface area contributed by atoms with Crippen molar-refractivity contribution in [1.82, 2.24) is 14.9 Å². The lowest BCUT2D eigenvalue weighted by Gasteiger charge is -2.12. The molecule has 0 saturated heterocycles. The highest BCUT2D eigenvalue weighted by atomic mass is 19.1. The summed E-state index contributed by atoms with van der Waals surface area (Å²) in [4.78, 5) is 28.7. The highest BCUT2D eigenvalue weighted by Crippen LogP contribution is 2.38. The molecule has 0 bridgehead atoms. The number of hydrogen-bond acceptors (Lipinski definition) is 2. The molecule has 0 atom stereocenters. The van der Waals surface area contributed by atoms with E-state index in [2.05, 4.69) is 10.3 Å². The minimum absolute atomic E-state index is 0.0194. The van der Waals surface area contributed by atoms with Gasteiger partial charge in [0, 0.05) is 41.4 Å². The van der Waals surface area contributed by atoms with Crippen LogP contribution in [0, 0.1) is 11.6 Å². The van der Waals surface area contributed by atoms with E-state index in [4.69, 9.17) is 0 Å². The zero-order valence-electron chi connectivity index (χ0n) is 17.7. The van der Waals surface area contributed by atoms with Crippen LogP contribution < -0.4 is 10.9 Å². The van der Waals surface area contributed by atoms with Crippen molar-refractivity contribution in [2.75, 3.05) is 7.05 Å². The summed E-state index contributed by atoms with van der Waals surface area (Å²) in [5.74, 6) is -1.81. The number of nitrogens with zero attached hydrogens (tertiary/aromatic N) is 1. The van der Waals surface area contributed by atoms with Gasteiger partial charge in [0.15, 0.2) is 0 Å². The van der Waals surface area contributed by atoms with Crippen molar-refractivity contribution >= 4 is 27.6 Å². The van der Waals surface area contributed by atoms with Crippen molar-refractivity contribution in [3.63, 3.8) is 0 Å². The van der Waals surface area contributed by atoms with Crippen molar-refractivity contribution in [3.8, 4) is 11.1 Å². The molecule has 2 heterocycles. The average Bonchev–Trinajstić information content (AvgIpc) is 3.15.